The minimum atomic E-state index is -0.602. The molecular formula is C17H14FN3O3S. The maximum atomic E-state index is 13.5. The molecule has 0 radical (unpaired) electrons. The summed E-state index contributed by atoms with van der Waals surface area (Å²) < 4.78 is 19.2. The van der Waals surface area contributed by atoms with Crippen LogP contribution in [0.4, 0.5) is 20.0 Å². The monoisotopic (exact) mass is 359 g/mol. The van der Waals surface area contributed by atoms with E-state index in [1.54, 1.807) is 31.2 Å². The molecule has 1 heterocycles. The Morgan fingerprint density at radius 2 is 2.00 bits per heavy atom. The number of hydrogen-bond acceptors (Lipinski definition) is 5. The van der Waals surface area contributed by atoms with Crippen LogP contribution in [-0.4, -0.2) is 23.6 Å². The fourth-order valence-electron chi connectivity index (χ4n) is 2.13. The van der Waals surface area contributed by atoms with E-state index < -0.39 is 17.8 Å². The van der Waals surface area contributed by atoms with Gasteiger partial charge in [0.05, 0.1) is 28.1 Å². The molecule has 25 heavy (non-hydrogen) atoms. The van der Waals surface area contributed by atoms with Crippen LogP contribution in [0.1, 0.15) is 17.3 Å². The van der Waals surface area contributed by atoms with Gasteiger partial charge in [-0.2, -0.15) is 0 Å². The van der Waals surface area contributed by atoms with Gasteiger partial charge in [-0.15, -0.1) is 0 Å². The Kier molecular flexibility index (Phi) is 4.90. The lowest BCUT2D eigenvalue weighted by Crippen LogP contribution is -2.19. The van der Waals surface area contributed by atoms with Crippen molar-refractivity contribution in [3.8, 4) is 0 Å². The number of carbonyl (C=O) groups excluding carboxylic acids is 2. The molecule has 2 amide bonds. The van der Waals surface area contributed by atoms with Crippen LogP contribution in [0.3, 0.4) is 0 Å². The van der Waals surface area contributed by atoms with Crippen LogP contribution >= 0.6 is 11.3 Å². The first-order valence-corrected chi connectivity index (χ1v) is 8.28. The van der Waals surface area contributed by atoms with Crippen LogP contribution in [0, 0.1) is 5.82 Å². The third-order valence-electron chi connectivity index (χ3n) is 3.24. The van der Waals surface area contributed by atoms with Crippen molar-refractivity contribution in [1.29, 1.82) is 0 Å². The molecule has 0 bridgehead atoms. The number of rotatable bonds is 4. The number of ether oxygens (including phenoxy) is 1. The molecule has 0 unspecified atom stereocenters. The predicted molar refractivity (Wildman–Crippen MR) is 94.6 cm³/mol. The SMILES string of the molecule is CCOC(=O)c1ccc2nc(NC(=O)Nc3ccccc3F)sc2c1. The molecule has 128 valence electrons. The van der Waals surface area contributed by atoms with Gasteiger partial charge in [-0.3, -0.25) is 5.32 Å². The Hall–Kier alpha value is -3.00. The van der Waals surface area contributed by atoms with Gasteiger partial charge in [0, 0.05) is 0 Å². The Bertz CT molecular complexity index is 942. The van der Waals surface area contributed by atoms with Crippen LogP contribution in [0.15, 0.2) is 42.5 Å². The lowest BCUT2D eigenvalue weighted by Gasteiger charge is -2.05. The summed E-state index contributed by atoms with van der Waals surface area (Å²) in [6.07, 6.45) is 0. The fourth-order valence-corrected chi connectivity index (χ4v) is 3.03. The highest BCUT2D eigenvalue weighted by Gasteiger charge is 2.12. The van der Waals surface area contributed by atoms with Gasteiger partial charge >= 0.3 is 12.0 Å². The van der Waals surface area contributed by atoms with E-state index in [0.29, 0.717) is 22.8 Å². The normalized spacial score (nSPS) is 10.5. The number of carbonyl (C=O) groups is 2. The molecule has 0 fully saturated rings. The summed E-state index contributed by atoms with van der Waals surface area (Å²) in [5, 5.41) is 5.31. The van der Waals surface area contributed by atoms with Crippen LogP contribution in [-0.2, 0) is 4.74 Å². The highest BCUT2D eigenvalue weighted by molar-refractivity contribution is 7.22. The summed E-state index contributed by atoms with van der Waals surface area (Å²) >= 11 is 1.21. The van der Waals surface area contributed by atoms with E-state index in [-0.39, 0.29) is 5.69 Å². The van der Waals surface area contributed by atoms with E-state index in [9.17, 15) is 14.0 Å². The third kappa shape index (κ3) is 3.92. The molecule has 0 atom stereocenters. The summed E-state index contributed by atoms with van der Waals surface area (Å²) in [6, 6.07) is 10.2. The smallest absolute Gasteiger partial charge is 0.338 e. The number of amides is 2. The van der Waals surface area contributed by atoms with Crippen LogP contribution in [0.5, 0.6) is 0 Å². The molecule has 3 rings (SSSR count). The van der Waals surface area contributed by atoms with Crippen LogP contribution < -0.4 is 10.6 Å². The fraction of sp³-hybridized carbons (Fsp3) is 0.118. The first-order valence-electron chi connectivity index (χ1n) is 7.47. The molecule has 0 saturated heterocycles. The Labute approximate surface area is 146 Å². The zero-order chi connectivity index (χ0) is 17.8. The van der Waals surface area contributed by atoms with E-state index >= 15 is 0 Å². The third-order valence-corrected chi connectivity index (χ3v) is 4.18. The topological polar surface area (TPSA) is 80.3 Å². The number of thiazole rings is 1. The van der Waals surface area contributed by atoms with Gasteiger partial charge in [0.2, 0.25) is 0 Å². The average molecular weight is 359 g/mol. The number of nitrogens with one attached hydrogen (secondary N) is 2. The van der Waals surface area contributed by atoms with Gasteiger partial charge in [-0.05, 0) is 37.3 Å². The molecule has 0 saturated carbocycles. The van der Waals surface area contributed by atoms with Gasteiger partial charge in [0.1, 0.15) is 5.82 Å². The lowest BCUT2D eigenvalue weighted by molar-refractivity contribution is 0.0526. The molecule has 2 aromatic carbocycles. The predicted octanol–water partition coefficient (Wildman–Crippen LogP) is 4.26. The summed E-state index contributed by atoms with van der Waals surface area (Å²) in [5.74, 6) is -0.939. The standard InChI is InChI=1S/C17H14FN3O3S/c1-2-24-15(22)10-7-8-13-14(9-10)25-17(20-13)21-16(23)19-12-6-4-3-5-11(12)18/h3-9H,2H2,1H3,(H2,19,20,21,23). The van der Waals surface area contributed by atoms with Crippen molar-refractivity contribution in [3.63, 3.8) is 0 Å². The zero-order valence-corrected chi connectivity index (χ0v) is 14.0. The van der Waals surface area contributed by atoms with Crippen molar-refractivity contribution in [1.82, 2.24) is 4.98 Å². The quantitative estimate of drug-likeness (QED) is 0.682. The molecule has 1 aromatic heterocycles. The van der Waals surface area contributed by atoms with Crippen molar-refractivity contribution in [2.45, 2.75) is 6.92 Å². The Morgan fingerprint density at radius 3 is 2.76 bits per heavy atom. The molecule has 0 spiro atoms. The summed E-state index contributed by atoms with van der Waals surface area (Å²) in [4.78, 5) is 28.0. The highest BCUT2D eigenvalue weighted by atomic mass is 32.1. The van der Waals surface area contributed by atoms with Crippen LogP contribution in [0.2, 0.25) is 0 Å². The van der Waals surface area contributed by atoms with E-state index in [4.69, 9.17) is 4.74 Å². The number of benzene rings is 2. The Balaban J connectivity index is 1.74. The minimum absolute atomic E-state index is 0.0747. The molecule has 6 nitrogen and oxygen atoms in total. The van der Waals surface area contributed by atoms with Crippen molar-refractivity contribution < 1.29 is 18.7 Å². The van der Waals surface area contributed by atoms with Crippen molar-refractivity contribution in [2.75, 3.05) is 17.2 Å². The number of aromatic nitrogens is 1. The molecule has 0 aliphatic rings. The number of para-hydroxylation sites is 1. The second-order valence-corrected chi connectivity index (χ2v) is 6.01. The van der Waals surface area contributed by atoms with Crippen molar-refractivity contribution in [3.05, 3.63) is 53.8 Å². The maximum absolute atomic E-state index is 13.5. The molecular weight excluding hydrogens is 345 g/mol. The van der Waals surface area contributed by atoms with Gasteiger partial charge in [-0.1, -0.05) is 23.5 Å². The highest BCUT2D eigenvalue weighted by Crippen LogP contribution is 2.27. The van der Waals surface area contributed by atoms with Gasteiger partial charge in [0.25, 0.3) is 0 Å². The molecule has 8 heteroatoms. The number of anilines is 2. The molecule has 0 aliphatic carbocycles. The minimum Gasteiger partial charge on any atom is -0.462 e. The second kappa shape index (κ2) is 7.27. The van der Waals surface area contributed by atoms with Gasteiger partial charge in [0.15, 0.2) is 5.13 Å². The number of fused-ring (bicyclic) bond motifs is 1. The molecule has 0 aliphatic heterocycles. The van der Waals surface area contributed by atoms with E-state index in [1.807, 2.05) is 0 Å². The first kappa shape index (κ1) is 16.8. The first-order chi connectivity index (χ1) is 12.1. The summed E-state index contributed by atoms with van der Waals surface area (Å²) in [7, 11) is 0. The largest absolute Gasteiger partial charge is 0.462 e. The summed E-state index contributed by atoms with van der Waals surface area (Å²) in [5.41, 5.74) is 1.13. The average Bonchev–Trinajstić information content (AvgIpc) is 2.98. The zero-order valence-electron chi connectivity index (χ0n) is 13.2. The number of esters is 1. The number of hydrogen-bond donors (Lipinski definition) is 2. The number of urea groups is 1. The van der Waals surface area contributed by atoms with E-state index in [1.165, 1.54) is 29.5 Å². The Morgan fingerprint density at radius 1 is 1.20 bits per heavy atom. The van der Waals surface area contributed by atoms with Gasteiger partial charge < -0.3 is 10.1 Å². The summed E-state index contributed by atoms with van der Waals surface area (Å²) in [6.45, 7) is 2.03. The van der Waals surface area contributed by atoms with Crippen molar-refractivity contribution in [2.24, 2.45) is 0 Å². The number of nitrogens with zero attached hydrogens (tertiary/aromatic N) is 1. The molecule has 3 aromatic rings. The van der Waals surface area contributed by atoms with Crippen molar-refractivity contribution >= 4 is 44.4 Å². The van der Waals surface area contributed by atoms with E-state index in [0.717, 1.165) is 4.70 Å². The number of halogens is 1. The maximum Gasteiger partial charge on any atom is 0.338 e. The molecule has 2 N–H and O–H groups in total. The lowest BCUT2D eigenvalue weighted by atomic mass is 10.2. The van der Waals surface area contributed by atoms with E-state index in [2.05, 4.69) is 15.6 Å². The van der Waals surface area contributed by atoms with Gasteiger partial charge in [-0.25, -0.2) is 19.0 Å². The van der Waals surface area contributed by atoms with Crippen LogP contribution in [0.25, 0.3) is 10.2 Å². The second-order valence-electron chi connectivity index (χ2n) is 4.98.